The molecule has 0 bridgehead atoms. The smallest absolute Gasteiger partial charge is 0.159 e. The predicted octanol–water partition coefficient (Wildman–Crippen LogP) is 4.57. The molecule has 4 rings (SSSR count). The zero-order valence-electron chi connectivity index (χ0n) is 17.3. The number of hydrogen-bond acceptors (Lipinski definition) is 6. The summed E-state index contributed by atoms with van der Waals surface area (Å²) in [4.78, 5) is 24.2. The van der Waals surface area contributed by atoms with E-state index in [1.54, 1.807) is 18.7 Å². The van der Waals surface area contributed by atoms with Crippen molar-refractivity contribution in [1.29, 1.82) is 0 Å². The van der Waals surface area contributed by atoms with Crippen molar-refractivity contribution in [3.63, 3.8) is 0 Å². The van der Waals surface area contributed by atoms with E-state index in [2.05, 4.69) is 34.1 Å². The summed E-state index contributed by atoms with van der Waals surface area (Å²) in [6.45, 7) is 7.06. The number of carbonyl (C=O) groups is 1. The molecule has 1 aliphatic heterocycles. The van der Waals surface area contributed by atoms with Gasteiger partial charge in [0, 0.05) is 41.9 Å². The molecule has 0 aliphatic carbocycles. The maximum absolute atomic E-state index is 11.5. The quantitative estimate of drug-likeness (QED) is 0.431. The second kappa shape index (κ2) is 9.41. The maximum Gasteiger partial charge on any atom is 0.159 e. The third-order valence-electron chi connectivity index (χ3n) is 5.13. The summed E-state index contributed by atoms with van der Waals surface area (Å²) in [5, 5.41) is 0.945. The Hall–Kier alpha value is -2.70. The Morgan fingerprint density at radius 2 is 1.77 bits per heavy atom. The van der Waals surface area contributed by atoms with Crippen molar-refractivity contribution in [2.24, 2.45) is 0 Å². The largest absolute Gasteiger partial charge is 0.378 e. The number of aryl methyl sites for hydroxylation is 1. The van der Waals surface area contributed by atoms with Crippen molar-refractivity contribution < 1.29 is 9.53 Å². The first-order valence-electron chi connectivity index (χ1n) is 10.1. The summed E-state index contributed by atoms with van der Waals surface area (Å²) in [5.74, 6) is 0.884. The van der Waals surface area contributed by atoms with E-state index in [1.807, 2.05) is 37.4 Å². The minimum absolute atomic E-state index is 0.0756. The van der Waals surface area contributed by atoms with E-state index in [1.165, 1.54) is 11.3 Å². The number of hydrogen-bond donors (Lipinski definition) is 0. The van der Waals surface area contributed by atoms with E-state index in [-0.39, 0.29) is 5.78 Å². The molecule has 0 N–H and O–H groups in total. The van der Waals surface area contributed by atoms with Gasteiger partial charge in [0.15, 0.2) is 5.78 Å². The van der Waals surface area contributed by atoms with Crippen molar-refractivity contribution in [3.05, 3.63) is 77.2 Å². The van der Waals surface area contributed by atoms with Gasteiger partial charge in [-0.25, -0.2) is 9.97 Å². The molecule has 1 saturated heterocycles. The average Bonchev–Trinajstić information content (AvgIpc) is 2.77. The van der Waals surface area contributed by atoms with Gasteiger partial charge in [-0.1, -0.05) is 36.0 Å². The van der Waals surface area contributed by atoms with Crippen molar-refractivity contribution in [1.82, 2.24) is 9.97 Å². The van der Waals surface area contributed by atoms with Gasteiger partial charge in [0.05, 0.1) is 13.2 Å². The second-order valence-electron chi connectivity index (χ2n) is 7.40. The van der Waals surface area contributed by atoms with Crippen LogP contribution in [0.2, 0.25) is 0 Å². The number of anilines is 1. The van der Waals surface area contributed by atoms with Gasteiger partial charge >= 0.3 is 0 Å². The molecule has 0 atom stereocenters. The maximum atomic E-state index is 11.5. The van der Waals surface area contributed by atoms with Gasteiger partial charge < -0.3 is 9.64 Å². The highest BCUT2D eigenvalue weighted by Crippen LogP contribution is 2.29. The Morgan fingerprint density at radius 3 is 2.43 bits per heavy atom. The summed E-state index contributed by atoms with van der Waals surface area (Å²) in [6, 6.07) is 16.3. The topological polar surface area (TPSA) is 55.3 Å². The van der Waals surface area contributed by atoms with E-state index in [9.17, 15) is 4.79 Å². The van der Waals surface area contributed by atoms with Gasteiger partial charge in [0.2, 0.25) is 0 Å². The molecule has 1 fully saturated rings. The lowest BCUT2D eigenvalue weighted by Gasteiger charge is -2.28. The fraction of sp³-hybridized carbons (Fsp3) is 0.292. The molecule has 1 aromatic heterocycles. The summed E-state index contributed by atoms with van der Waals surface area (Å²) < 4.78 is 5.43. The Balaban J connectivity index is 1.45. The standard InChI is InChI=1S/C24H25N3O2S/c1-17-16-25-23(26-24(17)30-22-9-5-20(6-10-22)18(2)28)15-19-3-7-21(8-4-19)27-11-13-29-14-12-27/h3-10,16H,11-15H2,1-2H3. The van der Waals surface area contributed by atoms with Gasteiger partial charge in [0.1, 0.15) is 10.9 Å². The van der Waals surface area contributed by atoms with Crippen LogP contribution in [0.5, 0.6) is 0 Å². The first-order valence-corrected chi connectivity index (χ1v) is 10.9. The molecule has 2 heterocycles. The fourth-order valence-corrected chi connectivity index (χ4v) is 4.21. The number of Topliss-reactive ketones (excluding diaryl/α,β-unsaturated/α-hetero) is 1. The van der Waals surface area contributed by atoms with E-state index < -0.39 is 0 Å². The van der Waals surface area contributed by atoms with Crippen LogP contribution in [0.3, 0.4) is 0 Å². The molecule has 3 aromatic rings. The number of rotatable bonds is 6. The van der Waals surface area contributed by atoms with Gasteiger partial charge in [-0.15, -0.1) is 0 Å². The summed E-state index contributed by atoms with van der Waals surface area (Å²) in [6.07, 6.45) is 2.58. The van der Waals surface area contributed by atoms with Gasteiger partial charge in [-0.2, -0.15) is 0 Å². The van der Waals surface area contributed by atoms with Gasteiger partial charge in [-0.3, -0.25) is 4.79 Å². The molecule has 6 heteroatoms. The average molecular weight is 420 g/mol. The number of ether oxygens (including phenoxy) is 1. The van der Waals surface area contributed by atoms with E-state index in [0.717, 1.165) is 53.2 Å². The third kappa shape index (κ3) is 5.07. The van der Waals surface area contributed by atoms with E-state index in [4.69, 9.17) is 9.72 Å². The van der Waals surface area contributed by atoms with E-state index >= 15 is 0 Å². The summed E-state index contributed by atoms with van der Waals surface area (Å²) in [5.41, 5.74) is 4.19. The molecule has 2 aromatic carbocycles. The number of benzene rings is 2. The Labute approximate surface area is 181 Å². The molecule has 0 saturated carbocycles. The molecule has 154 valence electrons. The highest BCUT2D eigenvalue weighted by atomic mass is 32.2. The van der Waals surface area contributed by atoms with Crippen molar-refractivity contribution in [3.8, 4) is 0 Å². The van der Waals surface area contributed by atoms with Crippen LogP contribution < -0.4 is 4.90 Å². The van der Waals surface area contributed by atoms with Crippen molar-refractivity contribution >= 4 is 23.2 Å². The van der Waals surface area contributed by atoms with Crippen LogP contribution in [0.15, 0.2) is 64.6 Å². The number of carbonyl (C=O) groups excluding carboxylic acids is 1. The number of nitrogens with zero attached hydrogens (tertiary/aromatic N) is 3. The van der Waals surface area contributed by atoms with Crippen molar-refractivity contribution in [2.75, 3.05) is 31.2 Å². The van der Waals surface area contributed by atoms with Crippen LogP contribution in [0.4, 0.5) is 5.69 Å². The zero-order valence-corrected chi connectivity index (χ0v) is 18.1. The monoisotopic (exact) mass is 419 g/mol. The normalized spacial score (nSPS) is 14.0. The summed E-state index contributed by atoms with van der Waals surface area (Å²) in [7, 11) is 0. The highest BCUT2D eigenvalue weighted by molar-refractivity contribution is 7.99. The first kappa shape index (κ1) is 20.6. The lowest BCUT2D eigenvalue weighted by atomic mass is 10.1. The molecule has 0 unspecified atom stereocenters. The molecular weight excluding hydrogens is 394 g/mol. The molecule has 1 aliphatic rings. The Morgan fingerprint density at radius 1 is 1.07 bits per heavy atom. The molecule has 0 amide bonds. The Bertz CT molecular complexity index is 1010. The van der Waals surface area contributed by atoms with Crippen LogP contribution in [0, 0.1) is 6.92 Å². The lowest BCUT2D eigenvalue weighted by Crippen LogP contribution is -2.36. The number of aromatic nitrogens is 2. The summed E-state index contributed by atoms with van der Waals surface area (Å²) >= 11 is 1.60. The molecule has 0 radical (unpaired) electrons. The second-order valence-corrected chi connectivity index (χ2v) is 8.46. The third-order valence-corrected chi connectivity index (χ3v) is 6.24. The Kier molecular flexibility index (Phi) is 6.45. The highest BCUT2D eigenvalue weighted by Gasteiger charge is 2.12. The minimum Gasteiger partial charge on any atom is -0.378 e. The van der Waals surface area contributed by atoms with E-state index in [0.29, 0.717) is 6.42 Å². The van der Waals surface area contributed by atoms with Crippen molar-refractivity contribution in [2.45, 2.75) is 30.2 Å². The van der Waals surface area contributed by atoms with Crippen LogP contribution >= 0.6 is 11.8 Å². The number of morpholine rings is 1. The predicted molar refractivity (Wildman–Crippen MR) is 120 cm³/mol. The first-order chi connectivity index (χ1) is 14.6. The lowest BCUT2D eigenvalue weighted by molar-refractivity contribution is 0.101. The molecule has 5 nitrogen and oxygen atoms in total. The SMILES string of the molecule is CC(=O)c1ccc(Sc2nc(Cc3ccc(N4CCOCC4)cc3)ncc2C)cc1. The molecular formula is C24H25N3O2S. The van der Waals surface area contributed by atoms with Crippen LogP contribution in [-0.4, -0.2) is 42.1 Å². The minimum atomic E-state index is 0.0756. The molecule has 30 heavy (non-hydrogen) atoms. The zero-order chi connectivity index (χ0) is 20.9. The van der Waals surface area contributed by atoms with Gasteiger partial charge in [0.25, 0.3) is 0 Å². The van der Waals surface area contributed by atoms with Crippen LogP contribution in [0.1, 0.15) is 34.2 Å². The number of ketones is 1. The fourth-order valence-electron chi connectivity index (χ4n) is 3.35. The van der Waals surface area contributed by atoms with Crippen LogP contribution in [0.25, 0.3) is 0 Å². The van der Waals surface area contributed by atoms with Gasteiger partial charge in [-0.05, 0) is 49.2 Å². The molecule has 0 spiro atoms. The van der Waals surface area contributed by atoms with Crippen LogP contribution in [-0.2, 0) is 11.2 Å².